The fourth-order valence-corrected chi connectivity index (χ4v) is 6.40. The van der Waals surface area contributed by atoms with Crippen LogP contribution in [0.25, 0.3) is 10.8 Å². The van der Waals surface area contributed by atoms with Gasteiger partial charge in [-0.25, -0.2) is 4.79 Å². The van der Waals surface area contributed by atoms with Gasteiger partial charge in [0.1, 0.15) is 18.7 Å². The number of carbonyl (C=O) groups is 4. The second kappa shape index (κ2) is 21.1. The van der Waals surface area contributed by atoms with E-state index in [-0.39, 0.29) is 37.7 Å². The van der Waals surface area contributed by atoms with Crippen LogP contribution in [0.15, 0.2) is 122 Å². The highest BCUT2D eigenvalue weighted by molar-refractivity contribution is 5.93. The Balaban J connectivity index is 1.32. The van der Waals surface area contributed by atoms with E-state index in [2.05, 4.69) is 31.2 Å². The molecule has 0 fully saturated rings. The Bertz CT molecular complexity index is 2010. The molecular formula is C44H50N6O6. The van der Waals surface area contributed by atoms with Crippen molar-refractivity contribution in [3.63, 3.8) is 0 Å². The fourth-order valence-electron chi connectivity index (χ4n) is 6.40. The van der Waals surface area contributed by atoms with Crippen LogP contribution in [0.1, 0.15) is 49.2 Å². The van der Waals surface area contributed by atoms with Crippen molar-refractivity contribution in [2.45, 2.75) is 76.8 Å². The number of rotatable bonds is 19. The Morgan fingerprint density at radius 1 is 0.696 bits per heavy atom. The zero-order chi connectivity index (χ0) is 39.7. The summed E-state index contributed by atoms with van der Waals surface area (Å²) >= 11 is 0. The zero-order valence-electron chi connectivity index (χ0n) is 31.8. The van der Waals surface area contributed by atoms with Crippen molar-refractivity contribution >= 4 is 34.6 Å². The summed E-state index contributed by atoms with van der Waals surface area (Å²) in [7, 11) is 0. The van der Waals surface area contributed by atoms with Gasteiger partial charge in [-0.15, -0.1) is 0 Å². The second-order valence-corrected chi connectivity index (χ2v) is 14.1. The molecule has 4 atom stereocenters. The predicted octanol–water partition coefficient (Wildman–Crippen LogP) is 4.84. The minimum atomic E-state index is -1.21. The van der Waals surface area contributed by atoms with Crippen LogP contribution in [0, 0.1) is 5.92 Å². The third-order valence-corrected chi connectivity index (χ3v) is 9.24. The number of ether oxygens (including phenoxy) is 1. The largest absolute Gasteiger partial charge is 0.445 e. The van der Waals surface area contributed by atoms with Gasteiger partial charge in [0.2, 0.25) is 17.7 Å². The van der Waals surface area contributed by atoms with E-state index in [4.69, 9.17) is 4.74 Å². The maximum atomic E-state index is 14.3. The quantitative estimate of drug-likeness (QED) is 0.0797. The number of nitrogens with zero attached hydrogens (tertiary/aromatic N) is 2. The number of amides is 4. The molecule has 2 aromatic heterocycles. The minimum Gasteiger partial charge on any atom is -0.445 e. The van der Waals surface area contributed by atoms with Gasteiger partial charge in [0, 0.05) is 49.6 Å². The smallest absolute Gasteiger partial charge is 0.408 e. The molecule has 0 radical (unpaired) electrons. The Morgan fingerprint density at radius 3 is 2.05 bits per heavy atom. The topological polar surface area (TPSA) is 172 Å². The van der Waals surface area contributed by atoms with E-state index < -0.39 is 42.1 Å². The van der Waals surface area contributed by atoms with Crippen molar-refractivity contribution in [2.24, 2.45) is 5.92 Å². The average Bonchev–Trinajstić information content (AvgIpc) is 3.20. The van der Waals surface area contributed by atoms with E-state index in [9.17, 15) is 24.3 Å². The summed E-state index contributed by atoms with van der Waals surface area (Å²) in [4.78, 5) is 63.1. The molecule has 0 saturated carbocycles. The number of nitrogens with one attached hydrogen (secondary N) is 4. The summed E-state index contributed by atoms with van der Waals surface area (Å²) in [5.74, 6) is -1.49. The number of aromatic nitrogens is 2. The van der Waals surface area contributed by atoms with Crippen LogP contribution >= 0.6 is 0 Å². The molecule has 12 nitrogen and oxygen atoms in total. The van der Waals surface area contributed by atoms with Gasteiger partial charge in [-0.1, -0.05) is 98.8 Å². The first-order valence-corrected chi connectivity index (χ1v) is 18.9. The van der Waals surface area contributed by atoms with E-state index >= 15 is 0 Å². The highest BCUT2D eigenvalue weighted by Crippen LogP contribution is 2.20. The van der Waals surface area contributed by atoms with Crippen LogP contribution in [-0.2, 0) is 45.0 Å². The number of aliphatic hydroxyl groups excluding tert-OH is 1. The van der Waals surface area contributed by atoms with Crippen LogP contribution in [-0.4, -0.2) is 69.7 Å². The molecule has 56 heavy (non-hydrogen) atoms. The molecule has 5 rings (SSSR count). The summed E-state index contributed by atoms with van der Waals surface area (Å²) in [6.07, 6.45) is 2.08. The monoisotopic (exact) mass is 758 g/mol. The van der Waals surface area contributed by atoms with Gasteiger partial charge in [0.05, 0.1) is 18.6 Å². The molecule has 0 aliphatic heterocycles. The first-order valence-electron chi connectivity index (χ1n) is 18.9. The first-order chi connectivity index (χ1) is 27.1. The van der Waals surface area contributed by atoms with Gasteiger partial charge < -0.3 is 31.1 Å². The molecule has 292 valence electrons. The molecular weight excluding hydrogens is 709 g/mol. The molecule has 0 spiro atoms. The van der Waals surface area contributed by atoms with E-state index in [1.54, 1.807) is 30.6 Å². The van der Waals surface area contributed by atoms with Gasteiger partial charge >= 0.3 is 6.09 Å². The van der Waals surface area contributed by atoms with Crippen molar-refractivity contribution < 1.29 is 29.0 Å². The predicted molar refractivity (Wildman–Crippen MR) is 214 cm³/mol. The molecule has 0 saturated heterocycles. The van der Waals surface area contributed by atoms with Crippen molar-refractivity contribution in [2.75, 3.05) is 6.54 Å². The standard InChI is InChI=1S/C44H50N6O6/c1-30(2)25-37(40(51)28-41(52)47-24-21-34-18-8-10-22-45-34)48-43(54)39(27-35-19-9-11-23-46-35)49-42(53)38(50-44(55)56-29-31-13-4-3-5-14-31)26-33-17-12-16-32-15-6-7-20-36(32)33/h3-20,22-23,30,37-40,51H,21,24-29H2,1-2H3,(H,47,52)(H,48,54)(H,49,53)(H,50,55)/t37?,38-,39-,40?/m0/s1. The maximum absolute atomic E-state index is 14.3. The summed E-state index contributed by atoms with van der Waals surface area (Å²) in [5.41, 5.74) is 2.97. The highest BCUT2D eigenvalue weighted by Gasteiger charge is 2.32. The zero-order valence-corrected chi connectivity index (χ0v) is 31.8. The van der Waals surface area contributed by atoms with E-state index in [0.29, 0.717) is 25.1 Å². The lowest BCUT2D eigenvalue weighted by atomic mass is 9.96. The SMILES string of the molecule is CC(C)CC(NC(=O)[C@H](Cc1ccccn1)NC(=O)[C@H](Cc1cccc2ccccc12)NC(=O)OCc1ccccc1)C(O)CC(=O)NCCc1ccccn1. The minimum absolute atomic E-state index is 0.00180. The molecule has 2 unspecified atom stereocenters. The lowest BCUT2D eigenvalue weighted by molar-refractivity contribution is -0.131. The van der Waals surface area contributed by atoms with E-state index in [1.807, 2.05) is 105 Å². The maximum Gasteiger partial charge on any atom is 0.408 e. The number of benzene rings is 3. The number of hydrogen-bond acceptors (Lipinski definition) is 8. The Morgan fingerprint density at radius 2 is 1.34 bits per heavy atom. The van der Waals surface area contributed by atoms with Gasteiger partial charge in [0.25, 0.3) is 0 Å². The number of alkyl carbamates (subject to hydrolysis) is 1. The summed E-state index contributed by atoms with van der Waals surface area (Å²) in [5, 5.41) is 24.5. The van der Waals surface area contributed by atoms with Crippen LogP contribution < -0.4 is 21.3 Å². The molecule has 12 heteroatoms. The number of fused-ring (bicyclic) bond motifs is 1. The molecule has 2 heterocycles. The molecule has 5 N–H and O–H groups in total. The Labute approximate surface area is 327 Å². The second-order valence-electron chi connectivity index (χ2n) is 14.1. The molecule has 4 amide bonds. The third kappa shape index (κ3) is 13.0. The number of pyridine rings is 2. The molecule has 0 aliphatic carbocycles. The van der Waals surface area contributed by atoms with E-state index in [1.165, 1.54) is 0 Å². The van der Waals surface area contributed by atoms with Crippen LogP contribution in [0.3, 0.4) is 0 Å². The lowest BCUT2D eigenvalue weighted by Crippen LogP contribution is -2.57. The summed E-state index contributed by atoms with van der Waals surface area (Å²) in [6, 6.07) is 30.5. The van der Waals surface area contributed by atoms with Gasteiger partial charge in [-0.2, -0.15) is 0 Å². The molecule has 5 aromatic rings. The fraction of sp³-hybridized carbons (Fsp3) is 0.318. The summed E-state index contributed by atoms with van der Waals surface area (Å²) < 4.78 is 5.49. The number of hydrogen-bond donors (Lipinski definition) is 5. The van der Waals surface area contributed by atoms with Crippen molar-refractivity contribution in [1.82, 2.24) is 31.2 Å². The van der Waals surface area contributed by atoms with Gasteiger partial charge in [-0.05, 0) is 58.5 Å². The van der Waals surface area contributed by atoms with Crippen molar-refractivity contribution in [3.05, 3.63) is 144 Å². The van der Waals surface area contributed by atoms with Crippen LogP contribution in [0.4, 0.5) is 4.79 Å². The van der Waals surface area contributed by atoms with Crippen molar-refractivity contribution in [3.8, 4) is 0 Å². The lowest BCUT2D eigenvalue weighted by Gasteiger charge is -2.29. The highest BCUT2D eigenvalue weighted by atomic mass is 16.5. The Hall–Kier alpha value is -6.14. The van der Waals surface area contributed by atoms with E-state index in [0.717, 1.165) is 27.6 Å². The van der Waals surface area contributed by atoms with Gasteiger partial charge in [-0.3, -0.25) is 24.4 Å². The van der Waals surface area contributed by atoms with Crippen LogP contribution in [0.5, 0.6) is 0 Å². The normalized spacial score (nSPS) is 13.2. The number of aliphatic hydroxyl groups is 1. The van der Waals surface area contributed by atoms with Crippen molar-refractivity contribution in [1.29, 1.82) is 0 Å². The Kier molecular flexibility index (Phi) is 15.4. The van der Waals surface area contributed by atoms with Gasteiger partial charge in [0.15, 0.2) is 0 Å². The molecule has 0 bridgehead atoms. The average molecular weight is 759 g/mol. The molecule has 3 aromatic carbocycles. The third-order valence-electron chi connectivity index (χ3n) is 9.24. The first kappa shape index (κ1) is 41.0. The number of carbonyl (C=O) groups excluding carboxylic acids is 4. The molecule has 0 aliphatic rings. The summed E-state index contributed by atoms with van der Waals surface area (Å²) in [6.45, 7) is 4.25. The van der Waals surface area contributed by atoms with Crippen LogP contribution in [0.2, 0.25) is 0 Å².